The van der Waals surface area contributed by atoms with Crippen LogP contribution in [0.1, 0.15) is 6.92 Å². The number of anilines is 1. The van der Waals surface area contributed by atoms with Crippen molar-refractivity contribution in [1.82, 2.24) is 9.97 Å². The molecule has 0 saturated heterocycles. The van der Waals surface area contributed by atoms with Gasteiger partial charge < -0.3 is 9.52 Å². The fraction of sp³-hybridized carbons (Fsp3) is 0.0455. The molecule has 4 aromatic rings. The van der Waals surface area contributed by atoms with E-state index in [1.165, 1.54) is 25.1 Å². The molecule has 0 aliphatic heterocycles. The molecule has 0 fully saturated rings. The Kier molecular flexibility index (Phi) is 4.78. The standard InChI is InChI=1S/C22H16FN3O3/c1-13(27)25-22-20(16-5-3-9-24-12-16)26-21(29-22)18-8-7-15(11-19(18)28)14-4-2-6-17(23)10-14/h2-12,28H,1H3,(H,25,27). The largest absolute Gasteiger partial charge is 0.507 e. The molecule has 2 N–H and O–H groups in total. The zero-order chi connectivity index (χ0) is 20.4. The number of oxazole rings is 1. The van der Waals surface area contributed by atoms with Crippen molar-refractivity contribution in [1.29, 1.82) is 0 Å². The summed E-state index contributed by atoms with van der Waals surface area (Å²) in [5, 5.41) is 13.1. The van der Waals surface area contributed by atoms with Gasteiger partial charge in [0.25, 0.3) is 0 Å². The maximum Gasteiger partial charge on any atom is 0.233 e. The SMILES string of the molecule is CC(=O)Nc1oc(-c2ccc(-c3cccc(F)c3)cc2O)nc1-c1cccnc1. The van der Waals surface area contributed by atoms with Gasteiger partial charge in [-0.1, -0.05) is 18.2 Å². The van der Waals surface area contributed by atoms with Gasteiger partial charge in [-0.05, 0) is 47.5 Å². The molecule has 0 radical (unpaired) electrons. The summed E-state index contributed by atoms with van der Waals surface area (Å²) in [5.41, 5.74) is 2.67. The molecule has 29 heavy (non-hydrogen) atoms. The zero-order valence-electron chi connectivity index (χ0n) is 15.4. The molecule has 0 aliphatic carbocycles. The molecule has 2 heterocycles. The van der Waals surface area contributed by atoms with Crippen molar-refractivity contribution >= 4 is 11.8 Å². The summed E-state index contributed by atoms with van der Waals surface area (Å²) in [6.07, 6.45) is 3.22. The van der Waals surface area contributed by atoms with Crippen molar-refractivity contribution in [3.63, 3.8) is 0 Å². The highest BCUT2D eigenvalue weighted by molar-refractivity contribution is 5.91. The summed E-state index contributed by atoms with van der Waals surface area (Å²) < 4.78 is 19.2. The first-order valence-electron chi connectivity index (χ1n) is 8.79. The number of benzene rings is 2. The Hall–Kier alpha value is -4.00. The number of hydrogen-bond donors (Lipinski definition) is 2. The number of aromatic nitrogens is 2. The van der Waals surface area contributed by atoms with E-state index in [1.807, 2.05) is 0 Å². The van der Waals surface area contributed by atoms with Gasteiger partial charge in [-0.2, -0.15) is 0 Å². The number of carbonyl (C=O) groups excluding carboxylic acids is 1. The highest BCUT2D eigenvalue weighted by atomic mass is 19.1. The number of nitrogens with one attached hydrogen (secondary N) is 1. The molecule has 0 aliphatic rings. The van der Waals surface area contributed by atoms with Crippen molar-refractivity contribution in [3.8, 4) is 39.6 Å². The minimum absolute atomic E-state index is 0.0832. The Balaban J connectivity index is 1.76. The molecule has 0 atom stereocenters. The number of pyridine rings is 1. The number of nitrogens with zero attached hydrogens (tertiary/aromatic N) is 2. The van der Waals surface area contributed by atoms with Crippen LogP contribution in [0.3, 0.4) is 0 Å². The molecule has 0 saturated carbocycles. The van der Waals surface area contributed by atoms with E-state index in [-0.39, 0.29) is 29.2 Å². The molecule has 0 spiro atoms. The second-order valence-electron chi connectivity index (χ2n) is 6.36. The van der Waals surface area contributed by atoms with E-state index in [0.29, 0.717) is 27.9 Å². The third-order valence-electron chi connectivity index (χ3n) is 4.24. The summed E-state index contributed by atoms with van der Waals surface area (Å²) in [6, 6.07) is 14.5. The summed E-state index contributed by atoms with van der Waals surface area (Å²) in [7, 11) is 0. The molecule has 144 valence electrons. The van der Waals surface area contributed by atoms with Crippen LogP contribution in [0.4, 0.5) is 10.3 Å². The van der Waals surface area contributed by atoms with Crippen molar-refractivity contribution in [2.45, 2.75) is 6.92 Å². The second-order valence-corrected chi connectivity index (χ2v) is 6.36. The van der Waals surface area contributed by atoms with Gasteiger partial charge in [-0.15, -0.1) is 0 Å². The van der Waals surface area contributed by atoms with Crippen LogP contribution >= 0.6 is 0 Å². The molecule has 0 bridgehead atoms. The topological polar surface area (TPSA) is 88.2 Å². The summed E-state index contributed by atoms with van der Waals surface area (Å²) in [4.78, 5) is 20.0. The lowest BCUT2D eigenvalue weighted by molar-refractivity contribution is -0.114. The summed E-state index contributed by atoms with van der Waals surface area (Å²) in [5.74, 6) is -0.464. The van der Waals surface area contributed by atoms with E-state index in [9.17, 15) is 14.3 Å². The van der Waals surface area contributed by atoms with Crippen LogP contribution in [0, 0.1) is 5.82 Å². The summed E-state index contributed by atoms with van der Waals surface area (Å²) >= 11 is 0. The van der Waals surface area contributed by atoms with Gasteiger partial charge in [0.05, 0.1) is 5.56 Å². The van der Waals surface area contributed by atoms with Crippen molar-refractivity contribution in [2.24, 2.45) is 0 Å². The highest BCUT2D eigenvalue weighted by Crippen LogP contribution is 2.37. The number of hydrogen-bond acceptors (Lipinski definition) is 5. The van der Waals surface area contributed by atoms with Crippen LogP contribution in [-0.4, -0.2) is 21.0 Å². The van der Waals surface area contributed by atoms with Crippen molar-refractivity contribution < 1.29 is 18.7 Å². The summed E-state index contributed by atoms with van der Waals surface area (Å²) in [6.45, 7) is 1.36. The number of phenols is 1. The van der Waals surface area contributed by atoms with Crippen molar-refractivity contribution in [2.75, 3.05) is 5.32 Å². The molecular formula is C22H16FN3O3. The first-order valence-corrected chi connectivity index (χ1v) is 8.79. The third-order valence-corrected chi connectivity index (χ3v) is 4.24. The van der Waals surface area contributed by atoms with E-state index < -0.39 is 0 Å². The lowest BCUT2D eigenvalue weighted by atomic mass is 10.0. The maximum absolute atomic E-state index is 13.5. The fourth-order valence-electron chi connectivity index (χ4n) is 2.94. The van der Waals surface area contributed by atoms with Crippen LogP contribution in [-0.2, 0) is 4.79 Å². The van der Waals surface area contributed by atoms with Crippen LogP contribution in [0.15, 0.2) is 71.4 Å². The zero-order valence-corrected chi connectivity index (χ0v) is 15.4. The molecule has 0 unspecified atom stereocenters. The molecule has 2 aromatic heterocycles. The van der Waals surface area contributed by atoms with Crippen LogP contribution < -0.4 is 5.32 Å². The Labute approximate surface area is 165 Å². The van der Waals surface area contributed by atoms with Gasteiger partial charge >= 0.3 is 0 Å². The Morgan fingerprint density at radius 2 is 1.86 bits per heavy atom. The van der Waals surface area contributed by atoms with E-state index in [0.717, 1.165) is 0 Å². The van der Waals surface area contributed by atoms with Crippen LogP contribution in [0.25, 0.3) is 33.8 Å². The van der Waals surface area contributed by atoms with Gasteiger partial charge in [0, 0.05) is 24.9 Å². The predicted octanol–water partition coefficient (Wildman–Crippen LogP) is 4.87. The van der Waals surface area contributed by atoms with Crippen molar-refractivity contribution in [3.05, 3.63) is 72.8 Å². The minimum Gasteiger partial charge on any atom is -0.507 e. The molecule has 1 amide bonds. The lowest BCUT2D eigenvalue weighted by Gasteiger charge is -2.05. The quantitative estimate of drug-likeness (QED) is 0.520. The first-order chi connectivity index (χ1) is 14.0. The lowest BCUT2D eigenvalue weighted by Crippen LogP contribution is -2.05. The Morgan fingerprint density at radius 1 is 1.07 bits per heavy atom. The second kappa shape index (κ2) is 7.55. The number of phenolic OH excluding ortho intramolecular Hbond substituents is 1. The number of rotatable bonds is 4. The molecular weight excluding hydrogens is 373 g/mol. The number of aromatic hydroxyl groups is 1. The minimum atomic E-state index is -0.361. The average molecular weight is 389 g/mol. The first kappa shape index (κ1) is 18.4. The van der Waals surface area contributed by atoms with E-state index >= 15 is 0 Å². The van der Waals surface area contributed by atoms with Gasteiger partial charge in [0.1, 0.15) is 17.3 Å². The Morgan fingerprint density at radius 3 is 2.55 bits per heavy atom. The van der Waals surface area contributed by atoms with Gasteiger partial charge in [0.2, 0.25) is 17.7 Å². The monoisotopic (exact) mass is 389 g/mol. The van der Waals surface area contributed by atoms with Crippen LogP contribution in [0.5, 0.6) is 5.75 Å². The fourth-order valence-corrected chi connectivity index (χ4v) is 2.94. The predicted molar refractivity (Wildman–Crippen MR) is 107 cm³/mol. The average Bonchev–Trinajstić information content (AvgIpc) is 3.11. The molecule has 7 heteroatoms. The molecule has 4 rings (SSSR count). The van der Waals surface area contributed by atoms with E-state index in [4.69, 9.17) is 4.42 Å². The normalized spacial score (nSPS) is 10.7. The van der Waals surface area contributed by atoms with Gasteiger partial charge in [-0.3, -0.25) is 15.1 Å². The third kappa shape index (κ3) is 3.84. The Bertz CT molecular complexity index is 1190. The van der Waals surface area contributed by atoms with Gasteiger partial charge in [-0.25, -0.2) is 9.37 Å². The number of amides is 1. The smallest absolute Gasteiger partial charge is 0.233 e. The molecule has 6 nitrogen and oxygen atoms in total. The number of halogens is 1. The van der Waals surface area contributed by atoms with E-state index in [1.54, 1.807) is 48.8 Å². The maximum atomic E-state index is 13.5. The number of carbonyl (C=O) groups is 1. The van der Waals surface area contributed by atoms with Gasteiger partial charge in [0.15, 0.2) is 0 Å². The van der Waals surface area contributed by atoms with Crippen LogP contribution in [0.2, 0.25) is 0 Å². The molecule has 2 aromatic carbocycles. The highest BCUT2D eigenvalue weighted by Gasteiger charge is 2.20. The van der Waals surface area contributed by atoms with E-state index in [2.05, 4.69) is 15.3 Å².